The van der Waals surface area contributed by atoms with E-state index in [0.717, 1.165) is 5.56 Å². The second-order valence-electron chi connectivity index (χ2n) is 8.23. The largest absolute Gasteiger partial charge is 0.361 e. The molecule has 2 N–H and O–H groups in total. The summed E-state index contributed by atoms with van der Waals surface area (Å²) in [6, 6.07) is 24.1. The van der Waals surface area contributed by atoms with Gasteiger partial charge < -0.3 is 10.6 Å². The molecular formula is C28H21N5O2. The number of hydrogen-bond acceptors (Lipinski definition) is 5. The molecule has 1 amide bonds. The highest BCUT2D eigenvalue weighted by Crippen LogP contribution is 2.19. The smallest absolute Gasteiger partial charge is 0.265 e. The number of benzene rings is 3. The van der Waals surface area contributed by atoms with Crippen LogP contribution < -0.4 is 21.4 Å². The van der Waals surface area contributed by atoms with Crippen molar-refractivity contribution in [1.82, 2.24) is 9.38 Å². The number of fused-ring (bicyclic) bond motifs is 3. The molecule has 2 heterocycles. The van der Waals surface area contributed by atoms with Gasteiger partial charge >= 0.3 is 0 Å². The molecule has 3 aromatic carbocycles. The Morgan fingerprint density at radius 2 is 1.74 bits per heavy atom. The molecule has 0 atom stereocenters. The SMILES string of the molecule is Cc1ccccc1C(=O)Nc1cccc(NC=c2c(C)c(C#N)c3nc4ccccc4n3c2=O)c1. The molecule has 0 aliphatic carbocycles. The van der Waals surface area contributed by atoms with E-state index in [2.05, 4.69) is 21.7 Å². The number of nitriles is 1. The molecule has 5 aromatic rings. The average Bonchev–Trinajstić information content (AvgIpc) is 3.24. The third kappa shape index (κ3) is 3.87. The van der Waals surface area contributed by atoms with Crippen LogP contribution in [0.5, 0.6) is 0 Å². The maximum atomic E-state index is 13.4. The van der Waals surface area contributed by atoms with Crippen LogP contribution in [-0.4, -0.2) is 15.3 Å². The van der Waals surface area contributed by atoms with Crippen LogP contribution in [0.3, 0.4) is 0 Å². The molecule has 0 aliphatic heterocycles. The number of pyridine rings is 1. The Balaban J connectivity index is 1.52. The minimum absolute atomic E-state index is 0.196. The van der Waals surface area contributed by atoms with Gasteiger partial charge in [0.15, 0.2) is 5.65 Å². The lowest BCUT2D eigenvalue weighted by Crippen LogP contribution is -2.34. The topological polar surface area (TPSA) is 99.3 Å². The van der Waals surface area contributed by atoms with Gasteiger partial charge in [-0.3, -0.25) is 14.0 Å². The summed E-state index contributed by atoms with van der Waals surface area (Å²) in [4.78, 5) is 30.6. The molecule has 0 unspecified atom stereocenters. The van der Waals surface area contributed by atoms with Gasteiger partial charge in [0.2, 0.25) is 0 Å². The van der Waals surface area contributed by atoms with Crippen molar-refractivity contribution < 1.29 is 4.79 Å². The number of nitrogens with zero attached hydrogens (tertiary/aromatic N) is 3. The van der Waals surface area contributed by atoms with Crippen LogP contribution in [0.1, 0.15) is 27.0 Å². The van der Waals surface area contributed by atoms with E-state index >= 15 is 0 Å². The van der Waals surface area contributed by atoms with Crippen LogP contribution in [0.4, 0.5) is 11.4 Å². The number of hydrogen-bond donors (Lipinski definition) is 2. The Morgan fingerprint density at radius 1 is 1.00 bits per heavy atom. The first-order chi connectivity index (χ1) is 17.0. The first-order valence-corrected chi connectivity index (χ1v) is 11.1. The minimum Gasteiger partial charge on any atom is -0.361 e. The molecule has 0 bridgehead atoms. The van der Waals surface area contributed by atoms with Crippen molar-refractivity contribution in [2.75, 3.05) is 10.6 Å². The zero-order valence-electron chi connectivity index (χ0n) is 19.2. The lowest BCUT2D eigenvalue weighted by atomic mass is 10.1. The van der Waals surface area contributed by atoms with Crippen molar-refractivity contribution in [3.8, 4) is 6.07 Å². The van der Waals surface area contributed by atoms with Crippen LogP contribution in [0.2, 0.25) is 0 Å². The summed E-state index contributed by atoms with van der Waals surface area (Å²) in [5, 5.41) is 16.2. The fraction of sp³-hybridized carbons (Fsp3) is 0.0714. The van der Waals surface area contributed by atoms with Crippen molar-refractivity contribution >= 4 is 40.2 Å². The molecule has 2 aromatic heterocycles. The molecule has 7 heteroatoms. The lowest BCUT2D eigenvalue weighted by molar-refractivity contribution is 0.102. The quantitative estimate of drug-likeness (QED) is 0.421. The standard InChI is InChI=1S/C28H21N5O2/c1-17-8-3-4-11-21(17)27(34)31-20-10-7-9-19(14-20)30-16-23-18(2)22(15-29)26-32-24-12-5-6-13-25(24)33(26)28(23)35/h3-14,16,30H,1-2H3,(H,31,34). The van der Waals surface area contributed by atoms with Crippen molar-refractivity contribution in [1.29, 1.82) is 5.26 Å². The van der Waals surface area contributed by atoms with Gasteiger partial charge in [0.1, 0.15) is 6.07 Å². The van der Waals surface area contributed by atoms with Crippen LogP contribution in [0, 0.1) is 25.2 Å². The summed E-state index contributed by atoms with van der Waals surface area (Å²) in [5.41, 5.74) is 5.10. The molecule has 0 fully saturated rings. The van der Waals surface area contributed by atoms with Crippen LogP contribution in [0.25, 0.3) is 22.9 Å². The van der Waals surface area contributed by atoms with Gasteiger partial charge in [-0.05, 0) is 61.4 Å². The zero-order valence-corrected chi connectivity index (χ0v) is 19.2. The molecular weight excluding hydrogens is 438 g/mol. The van der Waals surface area contributed by atoms with Gasteiger partial charge in [0.25, 0.3) is 11.5 Å². The maximum Gasteiger partial charge on any atom is 0.265 e. The molecule has 0 saturated carbocycles. The Hall–Kier alpha value is -4.96. The number of aromatic nitrogens is 2. The maximum absolute atomic E-state index is 13.4. The molecule has 0 radical (unpaired) electrons. The second-order valence-corrected chi connectivity index (χ2v) is 8.23. The summed E-state index contributed by atoms with van der Waals surface area (Å²) in [5.74, 6) is -0.196. The number of amides is 1. The van der Waals surface area contributed by atoms with Gasteiger partial charge in [-0.2, -0.15) is 5.26 Å². The zero-order chi connectivity index (χ0) is 24.5. The van der Waals surface area contributed by atoms with Gasteiger partial charge in [-0.1, -0.05) is 36.4 Å². The third-order valence-corrected chi connectivity index (χ3v) is 6.00. The number of carbonyl (C=O) groups is 1. The fourth-order valence-corrected chi connectivity index (χ4v) is 4.15. The Labute approximate surface area is 201 Å². The Kier molecular flexibility index (Phi) is 5.47. The van der Waals surface area contributed by atoms with E-state index in [-0.39, 0.29) is 11.5 Å². The molecule has 170 valence electrons. The molecule has 5 rings (SSSR count). The highest BCUT2D eigenvalue weighted by molar-refractivity contribution is 6.05. The van der Waals surface area contributed by atoms with E-state index in [0.29, 0.717) is 50.0 Å². The molecule has 0 spiro atoms. The second kappa shape index (κ2) is 8.76. The fourth-order valence-electron chi connectivity index (χ4n) is 4.15. The minimum atomic E-state index is -0.262. The highest BCUT2D eigenvalue weighted by Gasteiger charge is 2.16. The van der Waals surface area contributed by atoms with Crippen LogP contribution in [0.15, 0.2) is 77.6 Å². The number of aryl methyl sites for hydroxylation is 1. The van der Waals surface area contributed by atoms with Crippen LogP contribution in [-0.2, 0) is 0 Å². The number of nitrogens with one attached hydrogen (secondary N) is 2. The van der Waals surface area contributed by atoms with E-state index in [9.17, 15) is 14.9 Å². The lowest BCUT2D eigenvalue weighted by Gasteiger charge is -2.09. The summed E-state index contributed by atoms with van der Waals surface area (Å²) < 4.78 is 1.48. The predicted octanol–water partition coefficient (Wildman–Crippen LogP) is 4.16. The van der Waals surface area contributed by atoms with Gasteiger partial charge in [0.05, 0.1) is 21.8 Å². The van der Waals surface area contributed by atoms with E-state index in [1.807, 2.05) is 61.5 Å². The molecule has 0 saturated heterocycles. The Bertz CT molecular complexity index is 1780. The Morgan fingerprint density at radius 3 is 2.54 bits per heavy atom. The van der Waals surface area contributed by atoms with Gasteiger partial charge in [-0.15, -0.1) is 0 Å². The molecule has 7 nitrogen and oxygen atoms in total. The number of para-hydroxylation sites is 2. The number of anilines is 2. The van der Waals surface area contributed by atoms with Crippen molar-refractivity contribution in [2.24, 2.45) is 0 Å². The summed E-state index contributed by atoms with van der Waals surface area (Å²) in [6.45, 7) is 3.63. The van der Waals surface area contributed by atoms with E-state index in [1.54, 1.807) is 31.3 Å². The average molecular weight is 460 g/mol. The number of imidazole rings is 1. The van der Waals surface area contributed by atoms with E-state index in [4.69, 9.17) is 0 Å². The first kappa shape index (κ1) is 21.9. The third-order valence-electron chi connectivity index (χ3n) is 6.00. The monoisotopic (exact) mass is 459 g/mol. The van der Waals surface area contributed by atoms with Gasteiger partial charge in [-0.25, -0.2) is 4.98 Å². The number of rotatable bonds is 4. The van der Waals surface area contributed by atoms with Crippen molar-refractivity contribution in [3.63, 3.8) is 0 Å². The normalized spacial score (nSPS) is 11.5. The summed E-state index contributed by atoms with van der Waals surface area (Å²) in [6.07, 6.45) is 1.59. The highest BCUT2D eigenvalue weighted by atomic mass is 16.1. The van der Waals surface area contributed by atoms with Crippen molar-refractivity contribution in [2.45, 2.75) is 13.8 Å². The molecule has 35 heavy (non-hydrogen) atoms. The van der Waals surface area contributed by atoms with Gasteiger partial charge in [0, 0.05) is 23.1 Å². The summed E-state index contributed by atoms with van der Waals surface area (Å²) >= 11 is 0. The molecule has 0 aliphatic rings. The summed E-state index contributed by atoms with van der Waals surface area (Å²) in [7, 11) is 0. The number of carbonyl (C=O) groups excluding carboxylic acids is 1. The predicted molar refractivity (Wildman–Crippen MR) is 137 cm³/mol. The van der Waals surface area contributed by atoms with Crippen molar-refractivity contribution in [3.05, 3.63) is 111 Å². The van der Waals surface area contributed by atoms with E-state index in [1.165, 1.54) is 4.40 Å². The first-order valence-electron chi connectivity index (χ1n) is 11.1. The van der Waals surface area contributed by atoms with E-state index < -0.39 is 0 Å². The van der Waals surface area contributed by atoms with Crippen LogP contribution >= 0.6 is 0 Å².